The number of hydrogen-bond acceptors (Lipinski definition) is 10. The first kappa shape index (κ1) is 48.6. The van der Waals surface area contributed by atoms with Gasteiger partial charge in [0.15, 0.2) is 0 Å². The standard InChI is InChI=1S/C39H59N7O12/c1-20(2)30(37(55)44-31(21(3)4)38(56)46-18-10-13-27(46)36(54)45-32(22(5)6)39(57)58)43-34(52)25(15-17-29(49)50)41-35(53)26(19-23-11-8-7-9-12-23)42-33(51)24(40)14-16-28(47)48/h7-9,11-12,20-22,24-27,30-32H,10,13-19,40H2,1-6H3,(H,41,53)(H,42,51)(H,43,52)(H,44,55)(H,45,54)(H,47,48)(H,49,50)(H,57,58)/t24-,25-,26-,27-,30-,31-,32-/m0/s1. The van der Waals surface area contributed by atoms with Gasteiger partial charge in [0.2, 0.25) is 35.4 Å². The topological polar surface area (TPSA) is 304 Å². The number of nitrogens with zero attached hydrogens (tertiary/aromatic N) is 1. The highest BCUT2D eigenvalue weighted by Crippen LogP contribution is 2.21. The smallest absolute Gasteiger partial charge is 0.326 e. The molecular formula is C39H59N7O12. The van der Waals surface area contributed by atoms with Gasteiger partial charge < -0.3 is 52.5 Å². The molecule has 6 amide bonds. The van der Waals surface area contributed by atoms with Crippen LogP contribution in [0.1, 0.15) is 85.6 Å². The average molecular weight is 818 g/mol. The van der Waals surface area contributed by atoms with Gasteiger partial charge in [0.05, 0.1) is 6.04 Å². The number of carbonyl (C=O) groups is 9. The highest BCUT2D eigenvalue weighted by Gasteiger charge is 2.41. The van der Waals surface area contributed by atoms with Crippen LogP contribution in [0.4, 0.5) is 0 Å². The number of rotatable bonds is 23. The van der Waals surface area contributed by atoms with E-state index in [0.29, 0.717) is 12.0 Å². The van der Waals surface area contributed by atoms with Gasteiger partial charge >= 0.3 is 17.9 Å². The molecule has 1 aliphatic rings. The second-order valence-electron chi connectivity index (χ2n) is 15.5. The summed E-state index contributed by atoms with van der Waals surface area (Å²) in [6.45, 7) is 10.1. The number of benzene rings is 1. The minimum absolute atomic E-state index is 0.0730. The zero-order valence-electron chi connectivity index (χ0n) is 33.9. The molecule has 1 saturated heterocycles. The van der Waals surface area contributed by atoms with E-state index in [0.717, 1.165) is 0 Å². The highest BCUT2D eigenvalue weighted by atomic mass is 16.4. The summed E-state index contributed by atoms with van der Waals surface area (Å²) in [5, 5.41) is 40.8. The van der Waals surface area contributed by atoms with Crippen molar-refractivity contribution in [2.75, 3.05) is 6.54 Å². The number of amides is 6. The average Bonchev–Trinajstić information content (AvgIpc) is 3.65. The van der Waals surface area contributed by atoms with Crippen LogP contribution in [0.5, 0.6) is 0 Å². The summed E-state index contributed by atoms with van der Waals surface area (Å²) in [6, 6.07) is -0.203. The molecule has 0 saturated carbocycles. The van der Waals surface area contributed by atoms with E-state index in [2.05, 4.69) is 26.6 Å². The van der Waals surface area contributed by atoms with Crippen LogP contribution in [0.3, 0.4) is 0 Å². The van der Waals surface area contributed by atoms with Gasteiger partial charge in [-0.2, -0.15) is 0 Å². The Hall–Kier alpha value is -5.59. The lowest BCUT2D eigenvalue weighted by Gasteiger charge is -2.33. The largest absolute Gasteiger partial charge is 0.481 e. The maximum atomic E-state index is 13.9. The minimum atomic E-state index is -1.51. The number of likely N-dealkylation sites (tertiary alicyclic amines) is 1. The van der Waals surface area contributed by atoms with E-state index >= 15 is 0 Å². The molecule has 7 atom stereocenters. The van der Waals surface area contributed by atoms with E-state index in [1.165, 1.54) is 4.90 Å². The summed E-state index contributed by atoms with van der Waals surface area (Å²) in [7, 11) is 0. The van der Waals surface area contributed by atoms with Crippen molar-refractivity contribution in [3.63, 3.8) is 0 Å². The molecule has 1 heterocycles. The maximum Gasteiger partial charge on any atom is 0.326 e. The van der Waals surface area contributed by atoms with E-state index in [4.69, 9.17) is 10.8 Å². The van der Waals surface area contributed by atoms with Gasteiger partial charge in [-0.25, -0.2) is 4.79 Å². The SMILES string of the molecule is CC(C)[C@H](NC(=O)[C@@H]1CCCN1C(=O)[C@@H](NC(=O)[C@@H](NC(=O)[C@H](CCC(=O)O)NC(=O)[C@H](Cc1ccccc1)NC(=O)[C@@H](N)CCC(=O)O)C(C)C)C(C)C)C(=O)O. The Labute approximate surface area is 337 Å². The van der Waals surface area contributed by atoms with Gasteiger partial charge in [0.25, 0.3) is 0 Å². The monoisotopic (exact) mass is 817 g/mol. The minimum Gasteiger partial charge on any atom is -0.481 e. The molecule has 2 rings (SSSR count). The number of carboxylic acid groups (broad SMARTS) is 3. The van der Waals surface area contributed by atoms with Crippen molar-refractivity contribution >= 4 is 53.4 Å². The zero-order valence-corrected chi connectivity index (χ0v) is 33.9. The third-order valence-electron chi connectivity index (χ3n) is 9.75. The number of carbonyl (C=O) groups excluding carboxylic acids is 6. The first-order valence-corrected chi connectivity index (χ1v) is 19.4. The molecule has 0 aliphatic carbocycles. The molecule has 1 aliphatic heterocycles. The molecule has 0 radical (unpaired) electrons. The molecule has 58 heavy (non-hydrogen) atoms. The van der Waals surface area contributed by atoms with Crippen LogP contribution >= 0.6 is 0 Å². The van der Waals surface area contributed by atoms with Crippen LogP contribution in [-0.2, 0) is 49.6 Å². The summed E-state index contributed by atoms with van der Waals surface area (Å²) in [5.74, 6) is -9.78. The Morgan fingerprint density at radius 3 is 1.71 bits per heavy atom. The van der Waals surface area contributed by atoms with Crippen molar-refractivity contribution in [2.45, 2.75) is 129 Å². The second kappa shape index (κ2) is 23.0. The molecule has 1 aromatic carbocycles. The first-order chi connectivity index (χ1) is 27.1. The zero-order chi connectivity index (χ0) is 43.9. The lowest BCUT2D eigenvalue weighted by Crippen LogP contribution is -2.61. The van der Waals surface area contributed by atoms with Gasteiger partial charge in [-0.05, 0) is 49.0 Å². The van der Waals surface area contributed by atoms with E-state index in [-0.39, 0.29) is 25.8 Å². The lowest BCUT2D eigenvalue weighted by atomic mass is 9.98. The fraction of sp³-hybridized carbons (Fsp3) is 0.615. The fourth-order valence-corrected chi connectivity index (χ4v) is 6.35. The molecule has 0 spiro atoms. The number of aliphatic carboxylic acids is 3. The van der Waals surface area contributed by atoms with Gasteiger partial charge in [0.1, 0.15) is 36.3 Å². The molecular weight excluding hydrogens is 758 g/mol. The van der Waals surface area contributed by atoms with Gasteiger partial charge in [0, 0.05) is 25.8 Å². The second-order valence-corrected chi connectivity index (χ2v) is 15.5. The number of hydrogen-bond donors (Lipinski definition) is 9. The maximum absolute atomic E-state index is 13.9. The van der Waals surface area contributed by atoms with Crippen molar-refractivity contribution in [1.82, 2.24) is 31.5 Å². The van der Waals surface area contributed by atoms with Crippen molar-refractivity contribution in [1.29, 1.82) is 0 Å². The number of carboxylic acids is 3. The third kappa shape index (κ3) is 15.1. The fourth-order valence-electron chi connectivity index (χ4n) is 6.35. The molecule has 19 nitrogen and oxygen atoms in total. The summed E-state index contributed by atoms with van der Waals surface area (Å²) >= 11 is 0. The summed E-state index contributed by atoms with van der Waals surface area (Å²) < 4.78 is 0. The number of nitrogens with one attached hydrogen (secondary N) is 5. The van der Waals surface area contributed by atoms with Crippen LogP contribution in [0.2, 0.25) is 0 Å². The third-order valence-corrected chi connectivity index (χ3v) is 9.75. The van der Waals surface area contributed by atoms with Gasteiger partial charge in [-0.15, -0.1) is 0 Å². The number of nitrogens with two attached hydrogens (primary N) is 1. The van der Waals surface area contributed by atoms with Gasteiger partial charge in [-0.1, -0.05) is 71.9 Å². The Kier molecular flexibility index (Phi) is 19.2. The van der Waals surface area contributed by atoms with Crippen LogP contribution in [0, 0.1) is 17.8 Å². The lowest BCUT2D eigenvalue weighted by molar-refractivity contribution is -0.146. The van der Waals surface area contributed by atoms with Crippen molar-refractivity contribution in [3.05, 3.63) is 35.9 Å². The Morgan fingerprint density at radius 2 is 1.17 bits per heavy atom. The van der Waals surface area contributed by atoms with Crippen LogP contribution < -0.4 is 32.3 Å². The molecule has 0 bridgehead atoms. The summed E-state index contributed by atoms with van der Waals surface area (Å²) in [6.07, 6.45) is -0.921. The van der Waals surface area contributed by atoms with Crippen LogP contribution in [0.25, 0.3) is 0 Å². The van der Waals surface area contributed by atoms with Crippen LogP contribution in [0.15, 0.2) is 30.3 Å². The normalized spacial score (nSPS) is 17.0. The first-order valence-electron chi connectivity index (χ1n) is 19.4. The Balaban J connectivity index is 2.30. The van der Waals surface area contributed by atoms with E-state index < -0.39 is 133 Å². The predicted molar refractivity (Wildman–Crippen MR) is 208 cm³/mol. The van der Waals surface area contributed by atoms with Crippen molar-refractivity contribution < 1.29 is 58.5 Å². The molecule has 10 N–H and O–H groups in total. The molecule has 0 aromatic heterocycles. The molecule has 1 fully saturated rings. The quantitative estimate of drug-likeness (QED) is 0.0690. The van der Waals surface area contributed by atoms with Crippen molar-refractivity contribution in [2.24, 2.45) is 23.5 Å². The van der Waals surface area contributed by atoms with E-state index in [1.54, 1.807) is 71.9 Å². The summed E-state index contributed by atoms with van der Waals surface area (Å²) in [4.78, 5) is 117. The predicted octanol–water partition coefficient (Wildman–Crippen LogP) is -0.246. The van der Waals surface area contributed by atoms with E-state index in [9.17, 15) is 53.4 Å². The van der Waals surface area contributed by atoms with Crippen LogP contribution in [-0.4, -0.2) is 122 Å². The molecule has 0 unspecified atom stereocenters. The molecule has 1 aromatic rings. The summed E-state index contributed by atoms with van der Waals surface area (Å²) in [5.41, 5.74) is 6.49. The molecule has 322 valence electrons. The van der Waals surface area contributed by atoms with Crippen molar-refractivity contribution in [3.8, 4) is 0 Å². The van der Waals surface area contributed by atoms with E-state index in [1.807, 2.05) is 0 Å². The van der Waals surface area contributed by atoms with Gasteiger partial charge in [-0.3, -0.25) is 38.4 Å². The molecule has 19 heteroatoms. The Morgan fingerprint density at radius 1 is 0.655 bits per heavy atom. The highest BCUT2D eigenvalue weighted by molar-refractivity contribution is 5.97. The Bertz CT molecular complexity index is 1640.